The lowest BCUT2D eigenvalue weighted by Crippen LogP contribution is -2.29. The average molecular weight is 593 g/mol. The van der Waals surface area contributed by atoms with E-state index in [0.717, 1.165) is 29.4 Å². The molecule has 224 valence electrons. The van der Waals surface area contributed by atoms with Gasteiger partial charge in [-0.3, -0.25) is 24.2 Å². The lowest BCUT2D eigenvalue weighted by atomic mass is 10.0. The Bertz CT molecular complexity index is 1860. The minimum Gasteiger partial charge on any atom is -0.493 e. The molecule has 3 aromatic heterocycles. The molecule has 1 aliphatic heterocycles. The lowest BCUT2D eigenvalue weighted by molar-refractivity contribution is 0.0655. The maximum atomic E-state index is 13.6. The number of methoxy groups -OCH3 is 2. The van der Waals surface area contributed by atoms with E-state index in [-0.39, 0.29) is 18.2 Å². The number of ketones is 1. The summed E-state index contributed by atoms with van der Waals surface area (Å²) in [5.74, 6) is 1.77. The van der Waals surface area contributed by atoms with Gasteiger partial charge in [-0.1, -0.05) is 29.8 Å². The first-order valence-corrected chi connectivity index (χ1v) is 14.4. The summed E-state index contributed by atoms with van der Waals surface area (Å²) >= 11 is 0. The number of ether oxygens (including phenoxy) is 4. The first-order valence-electron chi connectivity index (χ1n) is 14.4. The Labute approximate surface area is 254 Å². The van der Waals surface area contributed by atoms with Crippen LogP contribution >= 0.6 is 0 Å². The van der Waals surface area contributed by atoms with Gasteiger partial charge in [-0.2, -0.15) is 5.10 Å². The van der Waals surface area contributed by atoms with E-state index in [1.54, 1.807) is 61.8 Å². The molecule has 10 nitrogen and oxygen atoms in total. The summed E-state index contributed by atoms with van der Waals surface area (Å²) in [6.07, 6.45) is 6.39. The van der Waals surface area contributed by atoms with Crippen LogP contribution in [-0.2, 0) is 11.2 Å². The van der Waals surface area contributed by atoms with Gasteiger partial charge in [0.05, 0.1) is 38.4 Å². The first-order chi connectivity index (χ1) is 21.4. The largest absolute Gasteiger partial charge is 0.493 e. The Hall–Kier alpha value is -5.09. The smallest absolute Gasteiger partial charge is 0.219 e. The maximum absolute atomic E-state index is 13.6. The number of rotatable bonds is 9. The van der Waals surface area contributed by atoms with Crippen LogP contribution in [0.1, 0.15) is 40.6 Å². The molecule has 6 rings (SSSR count). The molecule has 5 aromatic rings. The van der Waals surface area contributed by atoms with Crippen LogP contribution in [0.25, 0.3) is 22.0 Å². The van der Waals surface area contributed by atoms with E-state index < -0.39 is 11.2 Å². The summed E-state index contributed by atoms with van der Waals surface area (Å²) in [7, 11) is 3.14. The molecule has 0 unspecified atom stereocenters. The Morgan fingerprint density at radius 3 is 2.41 bits per heavy atom. The van der Waals surface area contributed by atoms with Crippen LogP contribution < -0.4 is 19.6 Å². The standard InChI is InChI=1S/C34H32N4O6/c1-21-4-6-22(7-5-21)27-20-38(24-11-14-43-15-12-24)37-33(34(27)40)29(39)16-23-8-9-25(19-36-23)44-30-10-13-35-28-18-32(42-3)31(41-2)17-26(28)30/h4-10,13,17-20,24H,11-12,14-16H2,1-3H3. The summed E-state index contributed by atoms with van der Waals surface area (Å²) in [5, 5.41) is 5.29. The second kappa shape index (κ2) is 12.6. The van der Waals surface area contributed by atoms with Crippen molar-refractivity contribution in [2.45, 2.75) is 32.2 Å². The maximum Gasteiger partial charge on any atom is 0.219 e. The molecule has 1 aliphatic rings. The van der Waals surface area contributed by atoms with Crippen molar-refractivity contribution in [3.63, 3.8) is 0 Å². The molecule has 2 aromatic carbocycles. The Kier molecular flexibility index (Phi) is 8.33. The average Bonchev–Trinajstić information content (AvgIpc) is 3.06. The van der Waals surface area contributed by atoms with Crippen LogP contribution in [0, 0.1) is 6.92 Å². The second-order valence-electron chi connectivity index (χ2n) is 10.6. The topological polar surface area (TPSA) is 115 Å². The fourth-order valence-corrected chi connectivity index (χ4v) is 5.25. The summed E-state index contributed by atoms with van der Waals surface area (Å²) in [4.78, 5) is 36.0. The molecule has 0 bridgehead atoms. The second-order valence-corrected chi connectivity index (χ2v) is 10.6. The van der Waals surface area contributed by atoms with E-state index in [1.165, 1.54) is 0 Å². The van der Waals surface area contributed by atoms with E-state index in [2.05, 4.69) is 15.1 Å². The number of aromatic nitrogens is 4. The molecule has 0 radical (unpaired) electrons. The van der Waals surface area contributed by atoms with E-state index in [4.69, 9.17) is 18.9 Å². The van der Waals surface area contributed by atoms with Gasteiger partial charge in [0, 0.05) is 48.3 Å². The van der Waals surface area contributed by atoms with Crippen molar-refractivity contribution in [2.75, 3.05) is 27.4 Å². The molecule has 1 saturated heterocycles. The molecule has 0 aliphatic carbocycles. The normalized spacial score (nSPS) is 13.5. The number of carbonyl (C=O) groups excluding carboxylic acids is 1. The SMILES string of the molecule is COc1cc2nccc(Oc3ccc(CC(=O)c4nn(C5CCOCC5)cc(-c5ccc(C)cc5)c4=O)nc3)c2cc1OC. The van der Waals surface area contributed by atoms with E-state index in [9.17, 15) is 9.59 Å². The van der Waals surface area contributed by atoms with Crippen molar-refractivity contribution in [3.05, 3.63) is 100 Å². The van der Waals surface area contributed by atoms with Crippen LogP contribution in [0.15, 0.2) is 78.0 Å². The highest BCUT2D eigenvalue weighted by atomic mass is 16.5. The molecule has 0 spiro atoms. The highest BCUT2D eigenvalue weighted by molar-refractivity contribution is 5.96. The van der Waals surface area contributed by atoms with Gasteiger partial charge in [-0.15, -0.1) is 0 Å². The predicted octanol–water partition coefficient (Wildman–Crippen LogP) is 5.75. The fourth-order valence-electron chi connectivity index (χ4n) is 5.25. The third kappa shape index (κ3) is 6.02. The van der Waals surface area contributed by atoms with Crippen molar-refractivity contribution >= 4 is 16.7 Å². The molecule has 0 saturated carbocycles. The minimum atomic E-state index is -0.396. The molecule has 10 heteroatoms. The van der Waals surface area contributed by atoms with Gasteiger partial charge in [0.1, 0.15) is 11.5 Å². The quantitative estimate of drug-likeness (QED) is 0.197. The zero-order valence-electron chi connectivity index (χ0n) is 24.8. The Morgan fingerprint density at radius 1 is 0.955 bits per heavy atom. The molecule has 0 atom stereocenters. The number of aryl methyl sites for hydroxylation is 1. The van der Waals surface area contributed by atoms with E-state index in [0.29, 0.717) is 53.0 Å². The van der Waals surface area contributed by atoms with Crippen molar-refractivity contribution in [3.8, 4) is 34.1 Å². The molecule has 1 fully saturated rings. The van der Waals surface area contributed by atoms with Crippen LogP contribution in [0.2, 0.25) is 0 Å². The highest BCUT2D eigenvalue weighted by Crippen LogP contribution is 2.36. The number of nitrogens with zero attached hydrogens (tertiary/aromatic N) is 4. The number of carbonyl (C=O) groups is 1. The Balaban J connectivity index is 1.26. The molecule has 44 heavy (non-hydrogen) atoms. The number of hydrogen-bond donors (Lipinski definition) is 0. The molecule has 0 N–H and O–H groups in total. The van der Waals surface area contributed by atoms with Gasteiger partial charge in [0.15, 0.2) is 23.0 Å². The molecule has 4 heterocycles. The van der Waals surface area contributed by atoms with Crippen molar-refractivity contribution < 1.29 is 23.7 Å². The van der Waals surface area contributed by atoms with Crippen LogP contribution in [0.3, 0.4) is 0 Å². The summed E-state index contributed by atoms with van der Waals surface area (Å²) in [5.41, 5.74) is 2.97. The van der Waals surface area contributed by atoms with Crippen molar-refractivity contribution in [1.82, 2.24) is 19.7 Å². The van der Waals surface area contributed by atoms with E-state index >= 15 is 0 Å². The van der Waals surface area contributed by atoms with Gasteiger partial charge < -0.3 is 18.9 Å². The highest BCUT2D eigenvalue weighted by Gasteiger charge is 2.23. The number of hydrogen-bond acceptors (Lipinski definition) is 9. The number of pyridine rings is 2. The first kappa shape index (κ1) is 29.0. The predicted molar refractivity (Wildman–Crippen MR) is 165 cm³/mol. The van der Waals surface area contributed by atoms with Crippen molar-refractivity contribution in [1.29, 1.82) is 0 Å². The lowest BCUT2D eigenvalue weighted by Gasteiger charge is -2.24. The number of benzene rings is 2. The summed E-state index contributed by atoms with van der Waals surface area (Å²) in [6.45, 7) is 3.21. The molecule has 0 amide bonds. The van der Waals surface area contributed by atoms with Crippen LogP contribution in [0.4, 0.5) is 0 Å². The summed E-state index contributed by atoms with van der Waals surface area (Å²) < 4.78 is 24.2. The van der Waals surface area contributed by atoms with Gasteiger partial charge in [-0.25, -0.2) is 0 Å². The zero-order valence-corrected chi connectivity index (χ0v) is 24.8. The number of Topliss-reactive ketones (excluding diaryl/α,β-unsaturated/α-hetero) is 1. The Morgan fingerprint density at radius 2 is 1.70 bits per heavy atom. The third-order valence-corrected chi connectivity index (χ3v) is 7.70. The van der Waals surface area contributed by atoms with Gasteiger partial charge in [0.25, 0.3) is 0 Å². The minimum absolute atomic E-state index is 0.0416. The van der Waals surface area contributed by atoms with Crippen molar-refractivity contribution in [2.24, 2.45) is 0 Å². The van der Waals surface area contributed by atoms with Crippen LogP contribution in [0.5, 0.6) is 23.0 Å². The molecular formula is C34H32N4O6. The monoisotopic (exact) mass is 592 g/mol. The van der Waals surface area contributed by atoms with E-state index in [1.807, 2.05) is 37.3 Å². The zero-order chi connectivity index (χ0) is 30.6. The molecular weight excluding hydrogens is 560 g/mol. The third-order valence-electron chi connectivity index (χ3n) is 7.70. The van der Waals surface area contributed by atoms with Gasteiger partial charge in [-0.05, 0) is 49.6 Å². The fraction of sp³-hybridized carbons (Fsp3) is 0.265. The van der Waals surface area contributed by atoms with Gasteiger partial charge >= 0.3 is 0 Å². The summed E-state index contributed by atoms with van der Waals surface area (Å²) in [6, 6.07) is 16.5. The number of fused-ring (bicyclic) bond motifs is 1. The van der Waals surface area contributed by atoms with Crippen LogP contribution in [-0.4, -0.2) is 53.0 Å². The van der Waals surface area contributed by atoms with Gasteiger partial charge in [0.2, 0.25) is 5.43 Å².